The van der Waals surface area contributed by atoms with Crippen molar-refractivity contribution in [3.8, 4) is 0 Å². The van der Waals surface area contributed by atoms with E-state index in [9.17, 15) is 5.11 Å². The Morgan fingerprint density at radius 3 is 3.00 bits per heavy atom. The van der Waals surface area contributed by atoms with Crippen LogP contribution in [0, 0.1) is 18.8 Å². The van der Waals surface area contributed by atoms with E-state index in [1.54, 1.807) is 0 Å². The minimum atomic E-state index is 0.186. The number of aliphatic hydroxyl groups excluding tert-OH is 1. The summed E-state index contributed by atoms with van der Waals surface area (Å²) < 4.78 is 5.38. The Hall–Kier alpha value is -1.20. The second-order valence-corrected chi connectivity index (χ2v) is 5.09. The van der Waals surface area contributed by atoms with Gasteiger partial charge < -0.3 is 15.2 Å². The number of aromatic nitrogens is 2. The van der Waals surface area contributed by atoms with E-state index in [1.807, 2.05) is 13.0 Å². The fourth-order valence-corrected chi connectivity index (χ4v) is 2.44. The van der Waals surface area contributed by atoms with Crippen LogP contribution in [0.4, 0.5) is 5.82 Å². The predicted octanol–water partition coefficient (Wildman–Crippen LogP) is 1.40. The number of aryl methyl sites for hydroxylation is 2. The van der Waals surface area contributed by atoms with Crippen LogP contribution in [0.1, 0.15) is 24.9 Å². The van der Waals surface area contributed by atoms with Crippen molar-refractivity contribution in [2.24, 2.45) is 11.8 Å². The van der Waals surface area contributed by atoms with Gasteiger partial charge in [-0.2, -0.15) is 0 Å². The fourth-order valence-electron chi connectivity index (χ4n) is 2.44. The standard InChI is InChI=1S/C14H23N3O2/c1-3-13-6-14(17-10(2)16-13)15-7-12(8-18)11-4-5-19-9-11/h6,11-12,18H,3-5,7-9H2,1-2H3,(H,15,16,17). The number of ether oxygens (including phenoxy) is 1. The highest BCUT2D eigenvalue weighted by molar-refractivity contribution is 5.36. The van der Waals surface area contributed by atoms with E-state index in [1.165, 1.54) is 0 Å². The highest BCUT2D eigenvalue weighted by atomic mass is 16.5. The summed E-state index contributed by atoms with van der Waals surface area (Å²) in [5.41, 5.74) is 1.04. The molecule has 0 aliphatic carbocycles. The maximum Gasteiger partial charge on any atom is 0.129 e. The SMILES string of the molecule is CCc1cc(NCC(CO)C2CCOC2)nc(C)n1. The summed E-state index contributed by atoms with van der Waals surface area (Å²) in [6, 6.07) is 1.98. The molecule has 2 rings (SSSR count). The van der Waals surface area contributed by atoms with Crippen LogP contribution >= 0.6 is 0 Å². The zero-order valence-corrected chi connectivity index (χ0v) is 11.7. The molecule has 0 amide bonds. The molecule has 1 aromatic heterocycles. The summed E-state index contributed by atoms with van der Waals surface area (Å²) in [6.45, 7) is 6.47. The Morgan fingerprint density at radius 2 is 2.37 bits per heavy atom. The van der Waals surface area contributed by atoms with Crippen molar-refractivity contribution in [3.05, 3.63) is 17.6 Å². The average Bonchev–Trinajstić information content (AvgIpc) is 2.93. The molecule has 0 aromatic carbocycles. The summed E-state index contributed by atoms with van der Waals surface area (Å²) in [4.78, 5) is 8.74. The molecule has 2 N–H and O–H groups in total. The molecule has 19 heavy (non-hydrogen) atoms. The summed E-state index contributed by atoms with van der Waals surface area (Å²) in [7, 11) is 0. The quantitative estimate of drug-likeness (QED) is 0.814. The van der Waals surface area contributed by atoms with Gasteiger partial charge in [-0.3, -0.25) is 0 Å². The van der Waals surface area contributed by atoms with E-state index < -0.39 is 0 Å². The van der Waals surface area contributed by atoms with Gasteiger partial charge in [0.05, 0.1) is 0 Å². The molecule has 2 atom stereocenters. The van der Waals surface area contributed by atoms with Gasteiger partial charge in [0.2, 0.25) is 0 Å². The molecule has 2 unspecified atom stereocenters. The van der Waals surface area contributed by atoms with Crippen LogP contribution < -0.4 is 5.32 Å². The normalized spacial score (nSPS) is 20.5. The molecular formula is C14H23N3O2. The molecule has 0 bridgehead atoms. The second kappa shape index (κ2) is 6.82. The first-order valence-electron chi connectivity index (χ1n) is 7.00. The summed E-state index contributed by atoms with van der Waals surface area (Å²) >= 11 is 0. The third-order valence-corrected chi connectivity index (χ3v) is 3.66. The van der Waals surface area contributed by atoms with Crippen LogP contribution in [-0.2, 0) is 11.2 Å². The van der Waals surface area contributed by atoms with Gasteiger partial charge in [-0.15, -0.1) is 0 Å². The minimum absolute atomic E-state index is 0.186. The van der Waals surface area contributed by atoms with Crippen molar-refractivity contribution < 1.29 is 9.84 Å². The van der Waals surface area contributed by atoms with Gasteiger partial charge in [0.1, 0.15) is 11.6 Å². The molecule has 1 saturated heterocycles. The van der Waals surface area contributed by atoms with Gasteiger partial charge in [0, 0.05) is 44.0 Å². The van der Waals surface area contributed by atoms with E-state index in [0.29, 0.717) is 5.92 Å². The Kier molecular flexibility index (Phi) is 5.10. The fraction of sp³-hybridized carbons (Fsp3) is 0.714. The number of rotatable bonds is 6. The number of nitrogens with zero attached hydrogens (tertiary/aromatic N) is 2. The smallest absolute Gasteiger partial charge is 0.129 e. The van der Waals surface area contributed by atoms with Gasteiger partial charge in [-0.25, -0.2) is 9.97 Å². The van der Waals surface area contributed by atoms with Crippen molar-refractivity contribution in [2.45, 2.75) is 26.7 Å². The first kappa shape index (κ1) is 14.2. The summed E-state index contributed by atoms with van der Waals surface area (Å²) in [5.74, 6) is 2.31. The molecular weight excluding hydrogens is 242 g/mol. The van der Waals surface area contributed by atoms with Crippen molar-refractivity contribution in [1.82, 2.24) is 9.97 Å². The Labute approximate surface area is 114 Å². The maximum atomic E-state index is 9.49. The third kappa shape index (κ3) is 3.88. The Morgan fingerprint density at radius 1 is 1.53 bits per heavy atom. The van der Waals surface area contributed by atoms with Crippen LogP contribution in [0.25, 0.3) is 0 Å². The van der Waals surface area contributed by atoms with Gasteiger partial charge >= 0.3 is 0 Å². The Bertz CT molecular complexity index is 406. The molecule has 0 radical (unpaired) electrons. The number of anilines is 1. The molecule has 0 spiro atoms. The lowest BCUT2D eigenvalue weighted by molar-refractivity contribution is 0.145. The van der Waals surface area contributed by atoms with E-state index in [0.717, 1.165) is 49.9 Å². The summed E-state index contributed by atoms with van der Waals surface area (Å²) in [5, 5.41) is 12.8. The van der Waals surface area contributed by atoms with E-state index >= 15 is 0 Å². The maximum absolute atomic E-state index is 9.49. The largest absolute Gasteiger partial charge is 0.396 e. The molecule has 106 valence electrons. The van der Waals surface area contributed by atoms with Crippen LogP contribution in [0.5, 0.6) is 0 Å². The number of hydrogen-bond acceptors (Lipinski definition) is 5. The molecule has 0 saturated carbocycles. The zero-order chi connectivity index (χ0) is 13.7. The van der Waals surface area contributed by atoms with Crippen LogP contribution in [0.15, 0.2) is 6.07 Å². The monoisotopic (exact) mass is 265 g/mol. The summed E-state index contributed by atoms with van der Waals surface area (Å²) in [6.07, 6.45) is 1.94. The Balaban J connectivity index is 1.94. The van der Waals surface area contributed by atoms with Gasteiger partial charge in [-0.1, -0.05) is 6.92 Å². The van der Waals surface area contributed by atoms with Gasteiger partial charge in [-0.05, 0) is 25.7 Å². The number of aliphatic hydroxyl groups is 1. The second-order valence-electron chi connectivity index (χ2n) is 5.09. The first-order chi connectivity index (χ1) is 9.22. The lowest BCUT2D eigenvalue weighted by Gasteiger charge is -2.20. The lowest BCUT2D eigenvalue weighted by Crippen LogP contribution is -2.27. The molecule has 1 fully saturated rings. The highest BCUT2D eigenvalue weighted by Crippen LogP contribution is 2.22. The zero-order valence-electron chi connectivity index (χ0n) is 11.7. The molecule has 1 aliphatic rings. The topological polar surface area (TPSA) is 67.3 Å². The number of hydrogen-bond donors (Lipinski definition) is 2. The molecule has 5 heteroatoms. The average molecular weight is 265 g/mol. The lowest BCUT2D eigenvalue weighted by atomic mass is 9.92. The van der Waals surface area contributed by atoms with E-state index in [4.69, 9.17) is 4.74 Å². The molecule has 1 aromatic rings. The predicted molar refractivity (Wildman–Crippen MR) is 74.1 cm³/mol. The van der Waals surface area contributed by atoms with Gasteiger partial charge in [0.25, 0.3) is 0 Å². The van der Waals surface area contributed by atoms with E-state index in [-0.39, 0.29) is 12.5 Å². The highest BCUT2D eigenvalue weighted by Gasteiger charge is 2.25. The van der Waals surface area contributed by atoms with Crippen molar-refractivity contribution in [1.29, 1.82) is 0 Å². The minimum Gasteiger partial charge on any atom is -0.396 e. The van der Waals surface area contributed by atoms with Crippen LogP contribution in [0.3, 0.4) is 0 Å². The van der Waals surface area contributed by atoms with Crippen molar-refractivity contribution in [3.63, 3.8) is 0 Å². The molecule has 5 nitrogen and oxygen atoms in total. The van der Waals surface area contributed by atoms with Crippen LogP contribution in [-0.4, -0.2) is 41.4 Å². The third-order valence-electron chi connectivity index (χ3n) is 3.66. The van der Waals surface area contributed by atoms with Crippen molar-refractivity contribution >= 4 is 5.82 Å². The van der Waals surface area contributed by atoms with Crippen molar-refractivity contribution in [2.75, 3.05) is 31.7 Å². The molecule has 1 aliphatic heterocycles. The number of nitrogens with one attached hydrogen (secondary N) is 1. The van der Waals surface area contributed by atoms with Gasteiger partial charge in [0.15, 0.2) is 0 Å². The molecule has 2 heterocycles. The van der Waals surface area contributed by atoms with Crippen LogP contribution in [0.2, 0.25) is 0 Å². The first-order valence-corrected chi connectivity index (χ1v) is 7.00. The van der Waals surface area contributed by atoms with E-state index in [2.05, 4.69) is 22.2 Å².